The molecule has 2 aromatic carbocycles. The van der Waals surface area contributed by atoms with Crippen molar-refractivity contribution in [3.63, 3.8) is 0 Å². The summed E-state index contributed by atoms with van der Waals surface area (Å²) in [7, 11) is 1.43. The zero-order valence-corrected chi connectivity index (χ0v) is 18.4. The molecule has 0 unspecified atom stereocenters. The zero-order valence-electron chi connectivity index (χ0n) is 17.6. The predicted octanol–water partition coefficient (Wildman–Crippen LogP) is 4.43. The summed E-state index contributed by atoms with van der Waals surface area (Å²) in [4.78, 5) is 14.6. The van der Waals surface area contributed by atoms with Gasteiger partial charge in [0.1, 0.15) is 5.82 Å². The number of thioether (sulfide) groups is 1. The van der Waals surface area contributed by atoms with Gasteiger partial charge >= 0.3 is 0 Å². The minimum atomic E-state index is -0.429. The van der Waals surface area contributed by atoms with Crippen LogP contribution in [-0.2, 0) is 11.3 Å². The van der Waals surface area contributed by atoms with Gasteiger partial charge in [0.2, 0.25) is 5.91 Å². The van der Waals surface area contributed by atoms with E-state index >= 15 is 0 Å². The van der Waals surface area contributed by atoms with Crippen molar-refractivity contribution < 1.29 is 13.9 Å². The molecule has 6 nitrogen and oxygen atoms in total. The van der Waals surface area contributed by atoms with E-state index in [1.54, 1.807) is 17.0 Å². The van der Waals surface area contributed by atoms with Crippen LogP contribution < -0.4 is 4.74 Å². The Morgan fingerprint density at radius 2 is 2.00 bits per heavy atom. The second-order valence-electron chi connectivity index (χ2n) is 7.45. The van der Waals surface area contributed by atoms with Gasteiger partial charge in [0, 0.05) is 24.7 Å². The lowest BCUT2D eigenvalue weighted by atomic mass is 10.2. The minimum absolute atomic E-state index is 0.0284. The Labute approximate surface area is 185 Å². The number of aromatic nitrogens is 3. The number of para-hydroxylation sites is 1. The molecule has 1 aliphatic rings. The molecule has 1 fully saturated rings. The van der Waals surface area contributed by atoms with Crippen molar-refractivity contribution in [2.45, 2.75) is 37.4 Å². The first-order valence-corrected chi connectivity index (χ1v) is 11.3. The van der Waals surface area contributed by atoms with Gasteiger partial charge in [0.25, 0.3) is 0 Å². The van der Waals surface area contributed by atoms with Crippen LogP contribution in [-0.4, -0.2) is 45.0 Å². The van der Waals surface area contributed by atoms with Gasteiger partial charge < -0.3 is 9.64 Å². The largest absolute Gasteiger partial charge is 0.494 e. The summed E-state index contributed by atoms with van der Waals surface area (Å²) in [6, 6.07) is 14.8. The Bertz CT molecular complexity index is 1050. The Morgan fingerprint density at radius 1 is 1.23 bits per heavy atom. The summed E-state index contributed by atoms with van der Waals surface area (Å²) in [5.41, 5.74) is 1.73. The third-order valence-electron chi connectivity index (χ3n) is 5.26. The molecule has 3 aromatic rings. The molecule has 0 spiro atoms. The van der Waals surface area contributed by atoms with Gasteiger partial charge in [-0.1, -0.05) is 36.0 Å². The summed E-state index contributed by atoms with van der Waals surface area (Å²) < 4.78 is 21.0. The predicted molar refractivity (Wildman–Crippen MR) is 118 cm³/mol. The van der Waals surface area contributed by atoms with Gasteiger partial charge in [-0.2, -0.15) is 0 Å². The van der Waals surface area contributed by atoms with Gasteiger partial charge in [-0.05, 0) is 49.6 Å². The highest BCUT2D eigenvalue weighted by Gasteiger charge is 2.31. The molecule has 0 saturated heterocycles. The fourth-order valence-electron chi connectivity index (χ4n) is 3.42. The fraction of sp³-hybridized carbons (Fsp3) is 0.348. The van der Waals surface area contributed by atoms with Crippen molar-refractivity contribution in [3.8, 4) is 11.4 Å². The van der Waals surface area contributed by atoms with Crippen molar-refractivity contribution in [2.75, 3.05) is 19.4 Å². The maximum absolute atomic E-state index is 14.0. The zero-order chi connectivity index (χ0) is 21.8. The second kappa shape index (κ2) is 9.51. The van der Waals surface area contributed by atoms with Crippen molar-refractivity contribution in [2.24, 2.45) is 0 Å². The molecule has 0 bridgehead atoms. The topological polar surface area (TPSA) is 60.2 Å². The number of hydrogen-bond acceptors (Lipinski definition) is 5. The van der Waals surface area contributed by atoms with Crippen LogP contribution in [0.15, 0.2) is 53.7 Å². The molecule has 1 saturated carbocycles. The first kappa shape index (κ1) is 21.4. The van der Waals surface area contributed by atoms with E-state index in [4.69, 9.17) is 4.74 Å². The normalized spacial score (nSPS) is 13.3. The lowest BCUT2D eigenvalue weighted by molar-refractivity contribution is -0.128. The molecule has 8 heteroatoms. The molecule has 1 amide bonds. The standard InChI is InChI=1S/C23H25FN4O2S/c1-3-27(14-16-9-12-20(30-2)19(24)13-16)21(29)15-31-23-26-25-22(17-10-11-17)28(23)18-7-5-4-6-8-18/h4-9,12-13,17H,3,10-11,14-15H2,1-2H3. The molecule has 0 N–H and O–H groups in total. The van der Waals surface area contributed by atoms with Crippen LogP contribution in [0.2, 0.25) is 0 Å². The summed E-state index contributed by atoms with van der Waals surface area (Å²) in [6.07, 6.45) is 2.24. The Kier molecular flexibility index (Phi) is 6.56. The number of rotatable bonds is 9. The number of amides is 1. The number of benzene rings is 2. The van der Waals surface area contributed by atoms with E-state index in [0.29, 0.717) is 24.2 Å². The summed E-state index contributed by atoms with van der Waals surface area (Å²) >= 11 is 1.38. The SMILES string of the molecule is CCN(Cc1ccc(OC)c(F)c1)C(=O)CSc1nnc(C2CC2)n1-c1ccccc1. The lowest BCUT2D eigenvalue weighted by Crippen LogP contribution is -2.31. The molecular weight excluding hydrogens is 415 g/mol. The first-order chi connectivity index (χ1) is 15.1. The average Bonchev–Trinajstić information content (AvgIpc) is 3.55. The maximum Gasteiger partial charge on any atom is 0.233 e. The lowest BCUT2D eigenvalue weighted by Gasteiger charge is -2.21. The van der Waals surface area contributed by atoms with Gasteiger partial charge in [-0.3, -0.25) is 9.36 Å². The average molecular weight is 441 g/mol. The number of methoxy groups -OCH3 is 1. The highest BCUT2D eigenvalue weighted by molar-refractivity contribution is 7.99. The van der Waals surface area contributed by atoms with Gasteiger partial charge in [-0.15, -0.1) is 10.2 Å². The van der Waals surface area contributed by atoms with E-state index in [0.717, 1.165) is 29.9 Å². The molecule has 162 valence electrons. The van der Waals surface area contributed by atoms with Crippen LogP contribution in [0.3, 0.4) is 0 Å². The van der Waals surface area contributed by atoms with Crippen LogP contribution in [0, 0.1) is 5.82 Å². The van der Waals surface area contributed by atoms with Crippen molar-refractivity contribution in [1.29, 1.82) is 0 Å². The summed E-state index contributed by atoms with van der Waals surface area (Å²) in [5, 5.41) is 9.49. The Balaban J connectivity index is 1.46. The summed E-state index contributed by atoms with van der Waals surface area (Å²) in [6.45, 7) is 2.79. The Morgan fingerprint density at radius 3 is 2.65 bits per heavy atom. The number of nitrogens with zero attached hydrogens (tertiary/aromatic N) is 4. The first-order valence-electron chi connectivity index (χ1n) is 10.3. The number of carbonyl (C=O) groups excluding carboxylic acids is 1. The molecule has 31 heavy (non-hydrogen) atoms. The van der Waals surface area contributed by atoms with Crippen LogP contribution in [0.1, 0.15) is 37.1 Å². The van der Waals surface area contributed by atoms with Crippen LogP contribution in [0.25, 0.3) is 5.69 Å². The monoisotopic (exact) mass is 440 g/mol. The highest BCUT2D eigenvalue weighted by atomic mass is 32.2. The highest BCUT2D eigenvalue weighted by Crippen LogP contribution is 2.41. The van der Waals surface area contributed by atoms with E-state index < -0.39 is 5.82 Å². The van der Waals surface area contributed by atoms with E-state index in [1.807, 2.05) is 37.3 Å². The van der Waals surface area contributed by atoms with Gasteiger partial charge in [0.05, 0.1) is 12.9 Å². The van der Waals surface area contributed by atoms with E-state index in [-0.39, 0.29) is 17.4 Å². The molecule has 0 aliphatic heterocycles. The molecule has 0 atom stereocenters. The van der Waals surface area contributed by atoms with Gasteiger partial charge in [-0.25, -0.2) is 4.39 Å². The summed E-state index contributed by atoms with van der Waals surface area (Å²) in [5.74, 6) is 1.38. The number of halogens is 1. The number of carbonyl (C=O) groups is 1. The van der Waals surface area contributed by atoms with Crippen molar-refractivity contribution in [3.05, 3.63) is 65.7 Å². The fourth-order valence-corrected chi connectivity index (χ4v) is 4.28. The quantitative estimate of drug-likeness (QED) is 0.461. The molecule has 1 aliphatic carbocycles. The molecule has 4 rings (SSSR count). The number of ether oxygens (including phenoxy) is 1. The molecule has 0 radical (unpaired) electrons. The number of hydrogen-bond donors (Lipinski definition) is 0. The molecule has 1 aromatic heterocycles. The third-order valence-corrected chi connectivity index (χ3v) is 6.18. The van der Waals surface area contributed by atoms with Crippen molar-refractivity contribution in [1.82, 2.24) is 19.7 Å². The van der Waals surface area contributed by atoms with Crippen LogP contribution in [0.4, 0.5) is 4.39 Å². The minimum Gasteiger partial charge on any atom is -0.494 e. The van der Waals surface area contributed by atoms with Crippen molar-refractivity contribution >= 4 is 17.7 Å². The Hall–Kier alpha value is -2.87. The smallest absolute Gasteiger partial charge is 0.233 e. The van der Waals surface area contributed by atoms with Crippen LogP contribution >= 0.6 is 11.8 Å². The third kappa shape index (κ3) is 4.90. The van der Waals surface area contributed by atoms with E-state index in [1.165, 1.54) is 24.9 Å². The van der Waals surface area contributed by atoms with Gasteiger partial charge in [0.15, 0.2) is 16.7 Å². The second-order valence-corrected chi connectivity index (χ2v) is 8.39. The van der Waals surface area contributed by atoms with E-state index in [9.17, 15) is 9.18 Å². The maximum atomic E-state index is 14.0. The van der Waals surface area contributed by atoms with E-state index in [2.05, 4.69) is 14.8 Å². The molecule has 1 heterocycles. The van der Waals surface area contributed by atoms with Crippen LogP contribution in [0.5, 0.6) is 5.75 Å². The molecular formula is C23H25FN4O2S.